The first-order valence-electron chi connectivity index (χ1n) is 2.59. The lowest BCUT2D eigenvalue weighted by Gasteiger charge is -1.93. The van der Waals surface area contributed by atoms with E-state index in [4.69, 9.17) is 5.11 Å². The zero-order valence-corrected chi connectivity index (χ0v) is 5.18. The third kappa shape index (κ3) is 4.81. The van der Waals surface area contributed by atoms with E-state index in [1.165, 1.54) is 0 Å². The van der Waals surface area contributed by atoms with Crippen molar-refractivity contribution >= 4 is 6.29 Å². The van der Waals surface area contributed by atoms with Crippen LogP contribution in [0, 0.1) is 0 Å². The van der Waals surface area contributed by atoms with Gasteiger partial charge in [-0.1, -0.05) is 13.2 Å². The van der Waals surface area contributed by atoms with E-state index in [2.05, 4.69) is 13.2 Å². The summed E-state index contributed by atoms with van der Waals surface area (Å²) in [5.74, 6) is 0.0754. The van der Waals surface area contributed by atoms with Crippen molar-refractivity contribution in [3.8, 4) is 0 Å². The second-order valence-electron chi connectivity index (χ2n) is 1.77. The number of rotatable bonds is 4. The molecule has 2 heteroatoms. The molecule has 2 nitrogen and oxygen atoms in total. The van der Waals surface area contributed by atoms with Crippen LogP contribution in [-0.2, 0) is 4.79 Å². The van der Waals surface area contributed by atoms with Gasteiger partial charge >= 0.3 is 0 Å². The van der Waals surface area contributed by atoms with Gasteiger partial charge in [0, 0.05) is 6.42 Å². The summed E-state index contributed by atoms with van der Waals surface area (Å²) in [7, 11) is 0. The maximum atomic E-state index is 9.78. The third-order valence-corrected chi connectivity index (χ3v) is 0.860. The number of hydrogen-bond donors (Lipinski definition) is 1. The Morgan fingerprint density at radius 2 is 2.00 bits per heavy atom. The van der Waals surface area contributed by atoms with Crippen molar-refractivity contribution in [3.63, 3.8) is 0 Å². The Hall–Kier alpha value is -1.05. The molecule has 1 radical (unpaired) electrons. The Morgan fingerprint density at radius 1 is 1.44 bits per heavy atom. The number of hydrogen-bond acceptors (Lipinski definition) is 2. The van der Waals surface area contributed by atoms with Gasteiger partial charge in [0.25, 0.3) is 0 Å². The molecule has 1 N–H and O–H groups in total. The minimum absolute atomic E-state index is 0.0754. The Morgan fingerprint density at radius 3 is 2.33 bits per heavy atom. The van der Waals surface area contributed by atoms with Crippen molar-refractivity contribution in [1.82, 2.24) is 0 Å². The fourth-order valence-corrected chi connectivity index (χ4v) is 0.346. The van der Waals surface area contributed by atoms with Crippen molar-refractivity contribution in [2.24, 2.45) is 0 Å². The van der Waals surface area contributed by atoms with Gasteiger partial charge in [-0.2, -0.15) is 0 Å². The first-order valence-corrected chi connectivity index (χ1v) is 2.59. The minimum Gasteiger partial charge on any atom is -0.513 e. The molecule has 49 valence electrons. The Kier molecular flexibility index (Phi) is 3.44. The van der Waals surface area contributed by atoms with E-state index in [9.17, 15) is 4.79 Å². The predicted octanol–water partition coefficient (Wildman–Crippen LogP) is 1.50. The average molecular weight is 125 g/mol. The molecule has 0 saturated heterocycles. The largest absolute Gasteiger partial charge is 0.513 e. The van der Waals surface area contributed by atoms with E-state index in [1.807, 2.05) is 0 Å². The molecule has 0 atom stereocenters. The molecule has 0 rings (SSSR count). The Balaban J connectivity index is 3.39. The van der Waals surface area contributed by atoms with E-state index in [-0.39, 0.29) is 5.76 Å². The smallest absolute Gasteiger partial charge is 0.228 e. The fraction of sp³-hybridized carbons (Fsp3) is 0.286. The molecular formula is C7H9O2. The standard InChI is InChI=1S/C7H9O2/c1-6(5-8)3-4-7(2)9/h9H,1-4H2. The molecule has 0 aliphatic rings. The van der Waals surface area contributed by atoms with Crippen LogP contribution in [0.4, 0.5) is 0 Å². The van der Waals surface area contributed by atoms with Crippen LogP contribution in [0.15, 0.2) is 24.5 Å². The highest BCUT2D eigenvalue weighted by Gasteiger charge is 1.93. The molecule has 0 unspecified atom stereocenters. The summed E-state index contributed by atoms with van der Waals surface area (Å²) >= 11 is 0. The lowest BCUT2D eigenvalue weighted by Crippen LogP contribution is -1.84. The molecule has 0 aromatic rings. The lowest BCUT2D eigenvalue weighted by atomic mass is 10.2. The normalized spacial score (nSPS) is 8.44. The van der Waals surface area contributed by atoms with E-state index in [0.29, 0.717) is 18.4 Å². The second-order valence-corrected chi connectivity index (χ2v) is 1.77. The van der Waals surface area contributed by atoms with Crippen molar-refractivity contribution < 1.29 is 9.90 Å². The van der Waals surface area contributed by atoms with Crippen LogP contribution < -0.4 is 0 Å². The summed E-state index contributed by atoms with van der Waals surface area (Å²) < 4.78 is 0. The number of carbonyl (C=O) groups excluding carboxylic acids is 1. The summed E-state index contributed by atoms with van der Waals surface area (Å²) in [5.41, 5.74) is 0.366. The number of aliphatic hydroxyl groups is 1. The minimum atomic E-state index is 0.0754. The van der Waals surface area contributed by atoms with Gasteiger partial charge in [0.05, 0.1) is 5.76 Å². The molecule has 0 aromatic carbocycles. The van der Waals surface area contributed by atoms with E-state index in [0.717, 1.165) is 0 Å². The van der Waals surface area contributed by atoms with Crippen LogP contribution in [0.25, 0.3) is 0 Å². The number of aliphatic hydroxyl groups excluding tert-OH is 1. The zero-order valence-electron chi connectivity index (χ0n) is 5.18. The maximum Gasteiger partial charge on any atom is 0.228 e. The highest BCUT2D eigenvalue weighted by atomic mass is 16.3. The first-order chi connectivity index (χ1) is 4.16. The maximum absolute atomic E-state index is 9.78. The van der Waals surface area contributed by atoms with Crippen molar-refractivity contribution in [3.05, 3.63) is 24.5 Å². The van der Waals surface area contributed by atoms with Crippen molar-refractivity contribution in [1.29, 1.82) is 0 Å². The molecule has 0 heterocycles. The van der Waals surface area contributed by atoms with Crippen LogP contribution in [0.3, 0.4) is 0 Å². The van der Waals surface area contributed by atoms with E-state index in [1.54, 1.807) is 6.29 Å². The third-order valence-electron chi connectivity index (χ3n) is 0.860. The van der Waals surface area contributed by atoms with Crippen LogP contribution in [0.5, 0.6) is 0 Å². The Bertz CT molecular complexity index is 136. The molecular weight excluding hydrogens is 116 g/mol. The monoisotopic (exact) mass is 125 g/mol. The quantitative estimate of drug-likeness (QED) is 0.456. The highest BCUT2D eigenvalue weighted by molar-refractivity contribution is 5.72. The average Bonchev–Trinajstić information content (AvgIpc) is 1.83. The second kappa shape index (κ2) is 3.89. The van der Waals surface area contributed by atoms with Crippen molar-refractivity contribution in [2.75, 3.05) is 0 Å². The fourth-order valence-electron chi connectivity index (χ4n) is 0.346. The summed E-state index contributed by atoms with van der Waals surface area (Å²) in [6.07, 6.45) is 2.46. The summed E-state index contributed by atoms with van der Waals surface area (Å²) in [4.78, 5) is 9.78. The molecule has 0 aromatic heterocycles. The van der Waals surface area contributed by atoms with Gasteiger partial charge in [0.1, 0.15) is 0 Å². The molecule has 0 bridgehead atoms. The number of allylic oxidation sites excluding steroid dienone is 2. The molecule has 0 spiro atoms. The summed E-state index contributed by atoms with van der Waals surface area (Å²) in [5, 5.41) is 8.53. The van der Waals surface area contributed by atoms with Crippen LogP contribution in [0.1, 0.15) is 12.8 Å². The Labute approximate surface area is 54.5 Å². The van der Waals surface area contributed by atoms with Crippen LogP contribution in [0.2, 0.25) is 0 Å². The highest BCUT2D eigenvalue weighted by Crippen LogP contribution is 2.03. The molecule has 0 fully saturated rings. The molecule has 0 saturated carbocycles. The topological polar surface area (TPSA) is 37.3 Å². The zero-order chi connectivity index (χ0) is 7.28. The van der Waals surface area contributed by atoms with Crippen LogP contribution in [-0.4, -0.2) is 11.4 Å². The molecule has 0 amide bonds. The van der Waals surface area contributed by atoms with Gasteiger partial charge in [0.15, 0.2) is 0 Å². The molecule has 9 heavy (non-hydrogen) atoms. The molecule has 0 aliphatic heterocycles. The van der Waals surface area contributed by atoms with Gasteiger partial charge in [-0.25, -0.2) is 0 Å². The first kappa shape index (κ1) is 7.95. The van der Waals surface area contributed by atoms with Crippen molar-refractivity contribution in [2.45, 2.75) is 12.8 Å². The SMILES string of the molecule is C=C(O)CCC(=C)[C]=O. The van der Waals surface area contributed by atoms with Gasteiger partial charge in [0.2, 0.25) is 6.29 Å². The van der Waals surface area contributed by atoms with Gasteiger partial charge < -0.3 is 5.11 Å². The van der Waals surface area contributed by atoms with Crippen LogP contribution >= 0.6 is 0 Å². The van der Waals surface area contributed by atoms with E-state index >= 15 is 0 Å². The van der Waals surface area contributed by atoms with Gasteiger partial charge in [-0.05, 0) is 12.0 Å². The van der Waals surface area contributed by atoms with Gasteiger partial charge in [-0.3, -0.25) is 4.79 Å². The summed E-state index contributed by atoms with van der Waals surface area (Å²) in [6, 6.07) is 0. The van der Waals surface area contributed by atoms with Gasteiger partial charge in [-0.15, -0.1) is 0 Å². The van der Waals surface area contributed by atoms with E-state index < -0.39 is 0 Å². The predicted molar refractivity (Wildman–Crippen MR) is 35.8 cm³/mol. The summed E-state index contributed by atoms with van der Waals surface area (Å²) in [6.45, 7) is 6.62. The lowest BCUT2D eigenvalue weighted by molar-refractivity contribution is 0.391. The molecule has 0 aliphatic carbocycles.